The van der Waals surface area contributed by atoms with Crippen LogP contribution < -0.4 is 10.6 Å². The van der Waals surface area contributed by atoms with Crippen molar-refractivity contribution in [2.24, 2.45) is 5.90 Å². The molecule has 0 rings (SSSR count). The second-order valence-electron chi connectivity index (χ2n) is 2.67. The maximum atomic E-state index is 11.1. The largest absolute Gasteiger partial charge is 0.303 e. The monoisotopic (exact) mass is 196 g/mol. The van der Waals surface area contributed by atoms with Gasteiger partial charge in [0.15, 0.2) is 0 Å². The molecule has 0 fully saturated rings. The van der Waals surface area contributed by atoms with Gasteiger partial charge in [-0.05, 0) is 13.3 Å². The van der Waals surface area contributed by atoms with E-state index < -0.39 is 10.0 Å². The van der Waals surface area contributed by atoms with Crippen molar-refractivity contribution in [2.75, 3.05) is 12.4 Å². The van der Waals surface area contributed by atoms with Gasteiger partial charge in [0, 0.05) is 6.04 Å². The fourth-order valence-corrected chi connectivity index (χ4v) is 2.15. The normalized spacial score (nSPS) is 14.6. The summed E-state index contributed by atoms with van der Waals surface area (Å²) in [5.41, 5.74) is 0. The lowest BCUT2D eigenvalue weighted by molar-refractivity contribution is 0.124. The van der Waals surface area contributed by atoms with Crippen LogP contribution >= 0.6 is 0 Å². The Kier molecular flexibility index (Phi) is 5.39. The summed E-state index contributed by atoms with van der Waals surface area (Å²) in [7, 11) is -3.14. The summed E-state index contributed by atoms with van der Waals surface area (Å²) >= 11 is 0. The first-order valence-electron chi connectivity index (χ1n) is 3.83. The molecular weight excluding hydrogens is 180 g/mol. The van der Waals surface area contributed by atoms with Crippen LogP contribution in [0, 0.1) is 0 Å². The maximum Gasteiger partial charge on any atom is 0.211 e. The van der Waals surface area contributed by atoms with Crippen LogP contribution in [0.3, 0.4) is 0 Å². The quantitative estimate of drug-likeness (QED) is 0.566. The number of sulfonamides is 1. The van der Waals surface area contributed by atoms with Gasteiger partial charge in [0.1, 0.15) is 0 Å². The minimum absolute atomic E-state index is 0.141. The van der Waals surface area contributed by atoms with Crippen LogP contribution in [0.25, 0.3) is 0 Å². The van der Waals surface area contributed by atoms with E-state index in [1.165, 1.54) is 0 Å². The molecule has 0 saturated carbocycles. The van der Waals surface area contributed by atoms with E-state index in [4.69, 9.17) is 5.90 Å². The van der Waals surface area contributed by atoms with Gasteiger partial charge < -0.3 is 4.84 Å². The van der Waals surface area contributed by atoms with E-state index in [9.17, 15) is 8.42 Å². The van der Waals surface area contributed by atoms with E-state index in [0.29, 0.717) is 6.42 Å². The zero-order chi connectivity index (χ0) is 9.61. The molecule has 1 atom stereocenters. The molecule has 0 aromatic heterocycles. The molecule has 0 aromatic carbocycles. The zero-order valence-corrected chi connectivity index (χ0v) is 8.23. The van der Waals surface area contributed by atoms with Crippen molar-refractivity contribution in [3.8, 4) is 0 Å². The Labute approximate surface area is 73.3 Å². The van der Waals surface area contributed by atoms with Crippen molar-refractivity contribution in [3.05, 3.63) is 0 Å². The summed E-state index contributed by atoms with van der Waals surface area (Å²) in [6.45, 7) is 3.69. The Balaban J connectivity index is 3.89. The Bertz CT molecular complexity index is 203. The number of hydrogen-bond acceptors (Lipinski definition) is 4. The van der Waals surface area contributed by atoms with Gasteiger partial charge in [-0.1, -0.05) is 6.92 Å². The molecule has 6 heteroatoms. The van der Waals surface area contributed by atoms with E-state index in [1.807, 2.05) is 6.92 Å². The zero-order valence-electron chi connectivity index (χ0n) is 7.41. The molecule has 0 spiro atoms. The summed E-state index contributed by atoms with van der Waals surface area (Å²) in [4.78, 5) is 4.30. The highest BCUT2D eigenvalue weighted by Gasteiger charge is 2.12. The van der Waals surface area contributed by atoms with Gasteiger partial charge in [-0.3, -0.25) is 0 Å². The fourth-order valence-electron chi connectivity index (χ4n) is 0.813. The average Bonchev–Trinajstić information content (AvgIpc) is 1.85. The molecule has 0 amide bonds. The van der Waals surface area contributed by atoms with E-state index in [2.05, 4.69) is 9.56 Å². The molecule has 0 aromatic rings. The topological polar surface area (TPSA) is 81.4 Å². The highest BCUT2D eigenvalue weighted by molar-refractivity contribution is 7.89. The van der Waals surface area contributed by atoms with Crippen molar-refractivity contribution in [3.63, 3.8) is 0 Å². The molecule has 0 aliphatic carbocycles. The number of rotatable bonds is 6. The van der Waals surface area contributed by atoms with Crippen molar-refractivity contribution < 1.29 is 13.3 Å². The van der Waals surface area contributed by atoms with Crippen LogP contribution in [0.1, 0.15) is 20.3 Å². The SMILES string of the molecule is CCCS(=O)(=O)NC(C)CON. The third-order valence-corrected chi connectivity index (χ3v) is 2.91. The van der Waals surface area contributed by atoms with E-state index >= 15 is 0 Å². The minimum Gasteiger partial charge on any atom is -0.303 e. The summed E-state index contributed by atoms with van der Waals surface area (Å²) in [5, 5.41) is 0. The molecule has 0 radical (unpaired) electrons. The molecular formula is C6H16N2O3S. The molecule has 0 saturated heterocycles. The van der Waals surface area contributed by atoms with E-state index in [1.54, 1.807) is 6.92 Å². The lowest BCUT2D eigenvalue weighted by Crippen LogP contribution is -2.37. The van der Waals surface area contributed by atoms with Gasteiger partial charge in [0.2, 0.25) is 10.0 Å². The second-order valence-corrected chi connectivity index (χ2v) is 4.54. The van der Waals surface area contributed by atoms with Gasteiger partial charge in [-0.25, -0.2) is 19.0 Å². The van der Waals surface area contributed by atoms with Crippen LogP contribution in [-0.2, 0) is 14.9 Å². The van der Waals surface area contributed by atoms with Crippen molar-refractivity contribution in [1.82, 2.24) is 4.72 Å². The van der Waals surface area contributed by atoms with Crippen LogP contribution in [0.2, 0.25) is 0 Å². The number of nitrogens with two attached hydrogens (primary N) is 1. The van der Waals surface area contributed by atoms with Crippen molar-refractivity contribution >= 4 is 10.0 Å². The van der Waals surface area contributed by atoms with E-state index in [0.717, 1.165) is 0 Å². The maximum absolute atomic E-state index is 11.1. The van der Waals surface area contributed by atoms with Crippen molar-refractivity contribution in [1.29, 1.82) is 0 Å². The third-order valence-electron chi connectivity index (χ3n) is 1.20. The Morgan fingerprint density at radius 1 is 1.58 bits per heavy atom. The third kappa shape index (κ3) is 5.48. The van der Waals surface area contributed by atoms with Crippen LogP contribution in [0.15, 0.2) is 0 Å². The highest BCUT2D eigenvalue weighted by atomic mass is 32.2. The Morgan fingerprint density at radius 2 is 2.17 bits per heavy atom. The molecule has 74 valence electrons. The smallest absolute Gasteiger partial charge is 0.211 e. The predicted molar refractivity (Wildman–Crippen MR) is 46.8 cm³/mol. The highest BCUT2D eigenvalue weighted by Crippen LogP contribution is 1.91. The lowest BCUT2D eigenvalue weighted by Gasteiger charge is -2.11. The first-order chi connectivity index (χ1) is 5.52. The molecule has 0 bridgehead atoms. The summed E-state index contributed by atoms with van der Waals surface area (Å²) in [6, 6.07) is -0.272. The van der Waals surface area contributed by atoms with Crippen molar-refractivity contribution in [2.45, 2.75) is 26.3 Å². The summed E-state index contributed by atoms with van der Waals surface area (Å²) in [6.07, 6.45) is 0.603. The van der Waals surface area contributed by atoms with Gasteiger partial charge in [0.25, 0.3) is 0 Å². The van der Waals surface area contributed by atoms with E-state index in [-0.39, 0.29) is 18.4 Å². The fraction of sp³-hybridized carbons (Fsp3) is 1.00. The lowest BCUT2D eigenvalue weighted by atomic mass is 10.4. The molecule has 5 nitrogen and oxygen atoms in total. The first-order valence-corrected chi connectivity index (χ1v) is 5.48. The van der Waals surface area contributed by atoms with Gasteiger partial charge >= 0.3 is 0 Å². The first kappa shape index (κ1) is 11.8. The van der Waals surface area contributed by atoms with Crippen LogP contribution in [-0.4, -0.2) is 26.8 Å². The number of nitrogens with one attached hydrogen (secondary N) is 1. The predicted octanol–water partition coefficient (Wildman–Crippen LogP) is -0.405. The molecule has 12 heavy (non-hydrogen) atoms. The molecule has 3 N–H and O–H groups in total. The standard InChI is InChI=1S/C6H16N2O3S/c1-3-4-12(9,10)8-6(2)5-11-7/h6,8H,3-5,7H2,1-2H3. The molecule has 0 aliphatic rings. The Morgan fingerprint density at radius 3 is 2.58 bits per heavy atom. The van der Waals surface area contributed by atoms with Crippen LogP contribution in [0.4, 0.5) is 0 Å². The molecule has 0 aliphatic heterocycles. The Hall–Kier alpha value is -0.170. The number of hydrogen-bond donors (Lipinski definition) is 2. The average molecular weight is 196 g/mol. The summed E-state index contributed by atoms with van der Waals surface area (Å²) < 4.78 is 24.6. The molecule has 0 heterocycles. The van der Waals surface area contributed by atoms with Crippen LogP contribution in [0.5, 0.6) is 0 Å². The minimum atomic E-state index is -3.14. The van der Waals surface area contributed by atoms with Gasteiger partial charge in [0.05, 0.1) is 12.4 Å². The summed E-state index contributed by atoms with van der Waals surface area (Å²) in [5.74, 6) is 4.93. The van der Waals surface area contributed by atoms with Gasteiger partial charge in [-0.2, -0.15) is 0 Å². The molecule has 1 unspecified atom stereocenters. The van der Waals surface area contributed by atoms with Gasteiger partial charge in [-0.15, -0.1) is 0 Å². The second kappa shape index (κ2) is 5.47.